The Kier molecular flexibility index (Phi) is 2.86. The van der Waals surface area contributed by atoms with Gasteiger partial charge in [0.1, 0.15) is 11.6 Å². The number of hydrogen-bond donors (Lipinski definition) is 1. The third-order valence-electron chi connectivity index (χ3n) is 2.67. The Bertz CT molecular complexity index is 333. The van der Waals surface area contributed by atoms with Crippen molar-refractivity contribution in [3.8, 4) is 0 Å². The molecule has 1 fully saturated rings. The predicted molar refractivity (Wildman–Crippen MR) is 59.0 cm³/mol. The molecule has 0 aliphatic carbocycles. The summed E-state index contributed by atoms with van der Waals surface area (Å²) in [6, 6.07) is 1.98. The van der Waals surface area contributed by atoms with E-state index in [9.17, 15) is 5.11 Å². The van der Waals surface area contributed by atoms with Gasteiger partial charge in [0.05, 0.1) is 6.10 Å². The highest BCUT2D eigenvalue weighted by Crippen LogP contribution is 2.18. The molecular weight excluding hydrogens is 190 g/mol. The fourth-order valence-corrected chi connectivity index (χ4v) is 2.02. The zero-order chi connectivity index (χ0) is 10.8. The van der Waals surface area contributed by atoms with Crippen molar-refractivity contribution in [1.82, 2.24) is 9.97 Å². The monoisotopic (exact) mass is 207 g/mol. The summed E-state index contributed by atoms with van der Waals surface area (Å²) < 4.78 is 0. The zero-order valence-corrected chi connectivity index (χ0v) is 9.27. The molecule has 4 heteroatoms. The minimum absolute atomic E-state index is 0.214. The molecule has 15 heavy (non-hydrogen) atoms. The standard InChI is InChI=1S/C11H17N3O/c1-8-6-11(13-9(2)12-8)14-5-3-4-10(15)7-14/h6,10,15H,3-5,7H2,1-2H3. The van der Waals surface area contributed by atoms with E-state index in [1.807, 2.05) is 19.9 Å². The Hall–Kier alpha value is -1.16. The summed E-state index contributed by atoms with van der Waals surface area (Å²) in [6.45, 7) is 5.54. The number of aliphatic hydroxyl groups excluding tert-OH is 1. The third-order valence-corrected chi connectivity index (χ3v) is 2.67. The summed E-state index contributed by atoms with van der Waals surface area (Å²) in [4.78, 5) is 10.8. The van der Waals surface area contributed by atoms with Crippen LogP contribution in [-0.2, 0) is 0 Å². The van der Waals surface area contributed by atoms with Crippen molar-refractivity contribution in [1.29, 1.82) is 0 Å². The van der Waals surface area contributed by atoms with E-state index in [2.05, 4.69) is 14.9 Å². The van der Waals surface area contributed by atoms with Gasteiger partial charge in [0.25, 0.3) is 0 Å². The van der Waals surface area contributed by atoms with E-state index in [0.29, 0.717) is 6.54 Å². The molecule has 4 nitrogen and oxygen atoms in total. The van der Waals surface area contributed by atoms with Crippen LogP contribution in [0.2, 0.25) is 0 Å². The number of rotatable bonds is 1. The van der Waals surface area contributed by atoms with E-state index >= 15 is 0 Å². The molecule has 82 valence electrons. The lowest BCUT2D eigenvalue weighted by Crippen LogP contribution is -2.38. The van der Waals surface area contributed by atoms with Crippen LogP contribution in [0.15, 0.2) is 6.07 Å². The maximum atomic E-state index is 9.59. The lowest BCUT2D eigenvalue weighted by atomic mass is 10.1. The van der Waals surface area contributed by atoms with Crippen molar-refractivity contribution in [3.05, 3.63) is 17.6 Å². The number of aromatic nitrogens is 2. The SMILES string of the molecule is Cc1cc(N2CCCC(O)C2)nc(C)n1. The fraction of sp³-hybridized carbons (Fsp3) is 0.636. The maximum Gasteiger partial charge on any atom is 0.132 e. The van der Waals surface area contributed by atoms with Gasteiger partial charge in [0, 0.05) is 24.8 Å². The molecule has 0 spiro atoms. The lowest BCUT2D eigenvalue weighted by Gasteiger charge is -2.31. The third kappa shape index (κ3) is 2.45. The normalized spacial score (nSPS) is 21.8. The molecule has 1 N–H and O–H groups in total. The summed E-state index contributed by atoms with van der Waals surface area (Å²) >= 11 is 0. The van der Waals surface area contributed by atoms with Crippen LogP contribution in [0.1, 0.15) is 24.4 Å². The van der Waals surface area contributed by atoms with Crippen LogP contribution in [-0.4, -0.2) is 34.3 Å². The van der Waals surface area contributed by atoms with E-state index in [-0.39, 0.29) is 6.10 Å². The van der Waals surface area contributed by atoms with E-state index in [1.54, 1.807) is 0 Å². The summed E-state index contributed by atoms with van der Waals surface area (Å²) in [7, 11) is 0. The molecule has 1 aromatic rings. The number of hydrogen-bond acceptors (Lipinski definition) is 4. The first kappa shape index (κ1) is 10.4. The molecule has 0 saturated carbocycles. The predicted octanol–water partition coefficient (Wildman–Crippen LogP) is 1.05. The molecule has 1 aromatic heterocycles. The zero-order valence-electron chi connectivity index (χ0n) is 9.27. The Morgan fingerprint density at radius 3 is 2.87 bits per heavy atom. The molecule has 1 aliphatic rings. The lowest BCUT2D eigenvalue weighted by molar-refractivity contribution is 0.154. The van der Waals surface area contributed by atoms with Crippen LogP contribution in [0.4, 0.5) is 5.82 Å². The Morgan fingerprint density at radius 2 is 2.20 bits per heavy atom. The number of piperidine rings is 1. The van der Waals surface area contributed by atoms with E-state index in [0.717, 1.165) is 36.7 Å². The second-order valence-corrected chi connectivity index (χ2v) is 4.16. The first-order chi connectivity index (χ1) is 7.15. The van der Waals surface area contributed by atoms with Crippen molar-refractivity contribution < 1.29 is 5.11 Å². The Morgan fingerprint density at radius 1 is 1.40 bits per heavy atom. The Labute approximate surface area is 90.0 Å². The van der Waals surface area contributed by atoms with Gasteiger partial charge < -0.3 is 10.0 Å². The summed E-state index contributed by atoms with van der Waals surface area (Å²) in [5.74, 6) is 1.74. The van der Waals surface area contributed by atoms with Crippen molar-refractivity contribution in [3.63, 3.8) is 0 Å². The summed E-state index contributed by atoms with van der Waals surface area (Å²) in [5.41, 5.74) is 0.984. The highest BCUT2D eigenvalue weighted by atomic mass is 16.3. The molecule has 0 aromatic carbocycles. The average Bonchev–Trinajstić information content (AvgIpc) is 2.16. The van der Waals surface area contributed by atoms with Crippen LogP contribution >= 0.6 is 0 Å². The van der Waals surface area contributed by atoms with Gasteiger partial charge in [-0.25, -0.2) is 9.97 Å². The van der Waals surface area contributed by atoms with Crippen LogP contribution in [0.3, 0.4) is 0 Å². The number of aryl methyl sites for hydroxylation is 2. The molecule has 1 atom stereocenters. The summed E-state index contributed by atoms with van der Waals surface area (Å²) in [6.07, 6.45) is 1.72. The molecule has 2 rings (SSSR count). The summed E-state index contributed by atoms with van der Waals surface area (Å²) in [5, 5.41) is 9.59. The van der Waals surface area contributed by atoms with Gasteiger partial charge in [0.15, 0.2) is 0 Å². The minimum atomic E-state index is -0.214. The minimum Gasteiger partial charge on any atom is -0.391 e. The highest BCUT2D eigenvalue weighted by Gasteiger charge is 2.19. The van der Waals surface area contributed by atoms with Crippen LogP contribution in [0, 0.1) is 13.8 Å². The highest BCUT2D eigenvalue weighted by molar-refractivity contribution is 5.40. The van der Waals surface area contributed by atoms with Crippen molar-refractivity contribution in [2.45, 2.75) is 32.8 Å². The van der Waals surface area contributed by atoms with Gasteiger partial charge in [-0.3, -0.25) is 0 Å². The van der Waals surface area contributed by atoms with Gasteiger partial charge in [0.2, 0.25) is 0 Å². The quantitative estimate of drug-likeness (QED) is 0.748. The number of anilines is 1. The molecule has 1 unspecified atom stereocenters. The van der Waals surface area contributed by atoms with Gasteiger partial charge in [-0.15, -0.1) is 0 Å². The number of aliphatic hydroxyl groups is 1. The van der Waals surface area contributed by atoms with E-state index < -0.39 is 0 Å². The van der Waals surface area contributed by atoms with Gasteiger partial charge in [-0.1, -0.05) is 0 Å². The molecular formula is C11H17N3O. The number of nitrogens with zero attached hydrogens (tertiary/aromatic N) is 3. The Balaban J connectivity index is 2.20. The first-order valence-corrected chi connectivity index (χ1v) is 5.40. The van der Waals surface area contributed by atoms with Crippen LogP contribution < -0.4 is 4.90 Å². The molecule has 0 radical (unpaired) electrons. The second-order valence-electron chi connectivity index (χ2n) is 4.16. The number of β-amino-alcohol motifs (C(OH)–C–C–N with tert-alkyl or cyclic N) is 1. The van der Waals surface area contributed by atoms with Crippen molar-refractivity contribution >= 4 is 5.82 Å². The van der Waals surface area contributed by atoms with Crippen molar-refractivity contribution in [2.24, 2.45) is 0 Å². The van der Waals surface area contributed by atoms with Gasteiger partial charge >= 0.3 is 0 Å². The smallest absolute Gasteiger partial charge is 0.132 e. The fourth-order valence-electron chi connectivity index (χ4n) is 2.02. The van der Waals surface area contributed by atoms with Crippen LogP contribution in [0.5, 0.6) is 0 Å². The molecule has 1 aliphatic heterocycles. The molecule has 0 bridgehead atoms. The van der Waals surface area contributed by atoms with Gasteiger partial charge in [-0.2, -0.15) is 0 Å². The molecule has 0 amide bonds. The van der Waals surface area contributed by atoms with E-state index in [4.69, 9.17) is 0 Å². The van der Waals surface area contributed by atoms with Crippen molar-refractivity contribution in [2.75, 3.05) is 18.0 Å². The molecule has 2 heterocycles. The topological polar surface area (TPSA) is 49.2 Å². The second kappa shape index (κ2) is 4.14. The van der Waals surface area contributed by atoms with Gasteiger partial charge in [-0.05, 0) is 26.7 Å². The maximum absolute atomic E-state index is 9.59. The molecule has 1 saturated heterocycles. The van der Waals surface area contributed by atoms with E-state index in [1.165, 1.54) is 0 Å². The first-order valence-electron chi connectivity index (χ1n) is 5.40. The average molecular weight is 207 g/mol. The largest absolute Gasteiger partial charge is 0.391 e. The van der Waals surface area contributed by atoms with Crippen LogP contribution in [0.25, 0.3) is 0 Å².